The molecule has 0 unspecified atom stereocenters. The second-order valence-corrected chi connectivity index (χ2v) is 5.04. The second-order valence-electron chi connectivity index (χ2n) is 4.60. The van der Waals surface area contributed by atoms with Crippen molar-refractivity contribution >= 4 is 17.3 Å². The molecular formula is C13H15ClN2O. The quantitative estimate of drug-likeness (QED) is 0.897. The summed E-state index contributed by atoms with van der Waals surface area (Å²) in [6.45, 7) is 3.25. The molecule has 0 bridgehead atoms. The molecule has 1 aliphatic heterocycles. The fourth-order valence-electron chi connectivity index (χ4n) is 2.33. The molecule has 0 spiro atoms. The molecule has 1 aromatic carbocycles. The highest BCUT2D eigenvalue weighted by Gasteiger charge is 2.40. The molecule has 0 amide bonds. The van der Waals surface area contributed by atoms with Gasteiger partial charge in [-0.1, -0.05) is 24.9 Å². The van der Waals surface area contributed by atoms with Crippen molar-refractivity contribution in [2.24, 2.45) is 0 Å². The van der Waals surface area contributed by atoms with Gasteiger partial charge < -0.3 is 10.0 Å². The number of aliphatic hydroxyl groups is 1. The van der Waals surface area contributed by atoms with Gasteiger partial charge in [0, 0.05) is 18.1 Å². The van der Waals surface area contributed by atoms with Crippen LogP contribution in [-0.2, 0) is 0 Å². The zero-order valence-electron chi connectivity index (χ0n) is 9.78. The first-order valence-electron chi connectivity index (χ1n) is 5.75. The number of anilines is 1. The smallest absolute Gasteiger partial charge is 0.101 e. The minimum atomic E-state index is -0.582. The highest BCUT2D eigenvalue weighted by atomic mass is 35.5. The molecule has 17 heavy (non-hydrogen) atoms. The van der Waals surface area contributed by atoms with Gasteiger partial charge in [-0.05, 0) is 24.6 Å². The molecular weight excluding hydrogens is 236 g/mol. The molecule has 0 aromatic heterocycles. The van der Waals surface area contributed by atoms with Gasteiger partial charge in [0.15, 0.2) is 0 Å². The zero-order valence-corrected chi connectivity index (χ0v) is 10.5. The van der Waals surface area contributed by atoms with Crippen LogP contribution in [0.2, 0.25) is 5.02 Å². The summed E-state index contributed by atoms with van der Waals surface area (Å²) in [5.41, 5.74) is 0.843. The van der Waals surface area contributed by atoms with Gasteiger partial charge >= 0.3 is 0 Å². The van der Waals surface area contributed by atoms with Gasteiger partial charge in [0.1, 0.15) is 6.07 Å². The lowest BCUT2D eigenvalue weighted by Gasteiger charge is -2.48. The normalized spacial score (nSPS) is 17.4. The molecule has 1 aliphatic rings. The minimum absolute atomic E-state index is 0.564. The number of hydrogen-bond donors (Lipinski definition) is 1. The summed E-state index contributed by atoms with van der Waals surface area (Å²) in [6.07, 6.45) is 1.77. The van der Waals surface area contributed by atoms with E-state index < -0.39 is 5.60 Å². The standard InChI is InChI=1S/C13H15ClN2O/c1-2-5-13(17)8-16(9-13)12-4-3-11(14)6-10(12)7-15/h3-4,6,17H,2,5,8-9H2,1H3. The Morgan fingerprint density at radius 3 is 2.82 bits per heavy atom. The van der Waals surface area contributed by atoms with E-state index in [0.717, 1.165) is 18.5 Å². The van der Waals surface area contributed by atoms with Crippen LogP contribution < -0.4 is 4.90 Å². The first-order valence-corrected chi connectivity index (χ1v) is 6.13. The van der Waals surface area contributed by atoms with Crippen LogP contribution in [0.25, 0.3) is 0 Å². The Balaban J connectivity index is 2.14. The van der Waals surface area contributed by atoms with E-state index >= 15 is 0 Å². The van der Waals surface area contributed by atoms with Gasteiger partial charge in [-0.3, -0.25) is 0 Å². The van der Waals surface area contributed by atoms with Crippen molar-refractivity contribution in [2.75, 3.05) is 18.0 Å². The fourth-order valence-corrected chi connectivity index (χ4v) is 2.50. The molecule has 1 saturated heterocycles. The van der Waals surface area contributed by atoms with Crippen molar-refractivity contribution in [2.45, 2.75) is 25.4 Å². The summed E-state index contributed by atoms with van der Waals surface area (Å²) in [5, 5.41) is 19.7. The van der Waals surface area contributed by atoms with Gasteiger partial charge in [-0.2, -0.15) is 5.26 Å². The largest absolute Gasteiger partial charge is 0.386 e. The highest BCUT2D eigenvalue weighted by Crippen LogP contribution is 2.33. The van der Waals surface area contributed by atoms with E-state index in [4.69, 9.17) is 16.9 Å². The number of nitrogens with zero attached hydrogens (tertiary/aromatic N) is 2. The number of β-amino-alcohol motifs (C(OH)–C–C–N with tert-alkyl or cyclic N) is 1. The molecule has 1 fully saturated rings. The predicted molar refractivity (Wildman–Crippen MR) is 68.2 cm³/mol. The van der Waals surface area contributed by atoms with E-state index in [9.17, 15) is 5.11 Å². The van der Waals surface area contributed by atoms with Gasteiger partial charge in [0.25, 0.3) is 0 Å². The third-order valence-electron chi connectivity index (χ3n) is 3.11. The molecule has 2 rings (SSSR count). The SMILES string of the molecule is CCCC1(O)CN(c2ccc(Cl)cc2C#N)C1. The maximum Gasteiger partial charge on any atom is 0.101 e. The lowest BCUT2D eigenvalue weighted by molar-refractivity contribution is 0.00338. The molecule has 90 valence electrons. The Kier molecular flexibility index (Phi) is 3.28. The van der Waals surface area contributed by atoms with Crippen molar-refractivity contribution in [3.05, 3.63) is 28.8 Å². The molecule has 0 radical (unpaired) electrons. The molecule has 0 saturated carbocycles. The van der Waals surface area contributed by atoms with Crippen molar-refractivity contribution in [1.82, 2.24) is 0 Å². The molecule has 0 atom stereocenters. The van der Waals surface area contributed by atoms with Crippen molar-refractivity contribution in [1.29, 1.82) is 5.26 Å². The average Bonchev–Trinajstić information content (AvgIpc) is 2.26. The van der Waals surface area contributed by atoms with Crippen LogP contribution in [0.4, 0.5) is 5.69 Å². The van der Waals surface area contributed by atoms with Gasteiger partial charge in [-0.25, -0.2) is 0 Å². The number of hydrogen-bond acceptors (Lipinski definition) is 3. The van der Waals surface area contributed by atoms with Gasteiger partial charge in [-0.15, -0.1) is 0 Å². The minimum Gasteiger partial charge on any atom is -0.386 e. The van der Waals surface area contributed by atoms with Crippen LogP contribution in [0.15, 0.2) is 18.2 Å². The lowest BCUT2D eigenvalue weighted by atomic mass is 9.88. The monoisotopic (exact) mass is 250 g/mol. The Bertz CT molecular complexity index is 461. The Morgan fingerprint density at radius 2 is 2.24 bits per heavy atom. The summed E-state index contributed by atoms with van der Waals surface area (Å²) in [7, 11) is 0. The zero-order chi connectivity index (χ0) is 12.5. The molecule has 1 heterocycles. The average molecular weight is 251 g/mol. The summed E-state index contributed by atoms with van der Waals surface area (Å²) in [5.74, 6) is 0. The molecule has 0 aliphatic carbocycles. The van der Waals surface area contributed by atoms with Crippen LogP contribution in [-0.4, -0.2) is 23.8 Å². The van der Waals surface area contributed by atoms with E-state index in [2.05, 4.69) is 13.0 Å². The Labute approximate surface area is 106 Å². The molecule has 1 N–H and O–H groups in total. The summed E-state index contributed by atoms with van der Waals surface area (Å²) in [4.78, 5) is 2.02. The van der Waals surface area contributed by atoms with E-state index in [1.54, 1.807) is 12.1 Å². The first kappa shape index (κ1) is 12.2. The topological polar surface area (TPSA) is 47.3 Å². The number of halogens is 1. The first-order chi connectivity index (χ1) is 8.08. The summed E-state index contributed by atoms with van der Waals surface area (Å²) in [6, 6.07) is 7.41. The van der Waals surface area contributed by atoms with E-state index in [0.29, 0.717) is 23.7 Å². The van der Waals surface area contributed by atoms with Gasteiger partial charge in [0.05, 0.1) is 16.9 Å². The van der Waals surface area contributed by atoms with Crippen molar-refractivity contribution in [3.63, 3.8) is 0 Å². The summed E-state index contributed by atoms with van der Waals surface area (Å²) < 4.78 is 0. The Hall–Kier alpha value is -1.24. The highest BCUT2D eigenvalue weighted by molar-refractivity contribution is 6.30. The van der Waals surface area contributed by atoms with E-state index in [1.165, 1.54) is 0 Å². The molecule has 1 aromatic rings. The third-order valence-corrected chi connectivity index (χ3v) is 3.34. The van der Waals surface area contributed by atoms with Crippen molar-refractivity contribution < 1.29 is 5.11 Å². The fraction of sp³-hybridized carbons (Fsp3) is 0.462. The van der Waals surface area contributed by atoms with Gasteiger partial charge in [0.2, 0.25) is 0 Å². The van der Waals surface area contributed by atoms with Crippen molar-refractivity contribution in [3.8, 4) is 6.07 Å². The maximum absolute atomic E-state index is 10.1. The van der Waals surface area contributed by atoms with E-state index in [1.807, 2.05) is 11.0 Å². The predicted octanol–water partition coefficient (Wildman–Crippen LogP) is 2.56. The van der Waals surface area contributed by atoms with Crippen LogP contribution >= 0.6 is 11.6 Å². The third kappa shape index (κ3) is 2.38. The van der Waals surface area contributed by atoms with Crippen LogP contribution in [0, 0.1) is 11.3 Å². The molecule has 3 nitrogen and oxygen atoms in total. The van der Waals surface area contributed by atoms with Crippen LogP contribution in [0.3, 0.4) is 0 Å². The summed E-state index contributed by atoms with van der Waals surface area (Å²) >= 11 is 5.85. The van der Waals surface area contributed by atoms with Crippen LogP contribution in [0.1, 0.15) is 25.3 Å². The number of nitriles is 1. The molecule has 4 heteroatoms. The maximum atomic E-state index is 10.1. The lowest BCUT2D eigenvalue weighted by Crippen LogP contribution is -2.62. The van der Waals surface area contributed by atoms with E-state index in [-0.39, 0.29) is 0 Å². The van der Waals surface area contributed by atoms with Crippen LogP contribution in [0.5, 0.6) is 0 Å². The number of benzene rings is 1. The number of rotatable bonds is 3. The Morgan fingerprint density at radius 1 is 1.53 bits per heavy atom. The second kappa shape index (κ2) is 4.56.